The number of amides is 1. The van der Waals surface area contributed by atoms with Crippen LogP contribution in [0.25, 0.3) is 0 Å². The fourth-order valence-corrected chi connectivity index (χ4v) is 6.04. The molecule has 0 aliphatic carbocycles. The number of hydrogen-bond acceptors (Lipinski definition) is 15. The fraction of sp³-hybridized carbons (Fsp3) is 0.361. The SMILES string of the molecule is COC(=O)N1CCC(Nc2ncc(C(=O)c3c(OC)ccc(F)c3F)c(N)n2)CC1.COc1ccc(F)c(F)c1C(=O)c1cnc(NC2CCNCC2)nc1N. The van der Waals surface area contributed by atoms with Gasteiger partial charge in [0, 0.05) is 37.6 Å². The zero-order valence-corrected chi connectivity index (χ0v) is 30.6. The predicted octanol–water partition coefficient (Wildman–Crippen LogP) is 3.96. The van der Waals surface area contributed by atoms with Crippen molar-refractivity contribution in [1.82, 2.24) is 30.2 Å². The number of aromatic nitrogens is 4. The number of anilines is 4. The van der Waals surface area contributed by atoms with Crippen molar-refractivity contribution in [1.29, 1.82) is 0 Å². The highest BCUT2D eigenvalue weighted by atomic mass is 19.2. The Bertz CT molecular complexity index is 2080. The van der Waals surface area contributed by atoms with Crippen molar-refractivity contribution in [2.45, 2.75) is 37.8 Å². The minimum atomic E-state index is -1.33. The summed E-state index contributed by atoms with van der Waals surface area (Å²) in [4.78, 5) is 54.8. The van der Waals surface area contributed by atoms with Gasteiger partial charge in [0.1, 0.15) is 34.3 Å². The highest BCUT2D eigenvalue weighted by Gasteiger charge is 2.28. The second kappa shape index (κ2) is 18.3. The molecular weight excluding hydrogens is 744 g/mol. The molecule has 2 aromatic carbocycles. The van der Waals surface area contributed by atoms with Gasteiger partial charge in [-0.3, -0.25) is 9.59 Å². The fourth-order valence-electron chi connectivity index (χ4n) is 6.04. The number of likely N-dealkylation sites (tertiary alicyclic amines) is 1. The molecule has 20 heteroatoms. The molecule has 0 spiro atoms. The summed E-state index contributed by atoms with van der Waals surface area (Å²) in [6.45, 7) is 2.80. The number of hydrogen-bond donors (Lipinski definition) is 5. The Morgan fingerprint density at radius 1 is 0.714 bits per heavy atom. The molecule has 0 radical (unpaired) electrons. The maximum atomic E-state index is 14.2. The van der Waals surface area contributed by atoms with E-state index in [1.165, 1.54) is 33.6 Å². The van der Waals surface area contributed by atoms with E-state index in [1.807, 2.05) is 0 Å². The standard InChI is InChI=1S/C19H21F2N5O4.C17H19F2N5O2/c1-29-13-4-3-12(20)15(21)14(13)16(27)11-9-23-18(25-17(11)22)24-10-5-7-26(8-6-10)19(28)30-2;1-26-12-3-2-11(18)14(19)13(12)15(25)10-8-22-17(24-16(10)20)23-9-4-6-21-7-5-9/h3-4,9-10H,5-8H2,1-2H3,(H3,22,23,24,25);2-3,8-9,21H,4-7H2,1H3,(H3,20,22,23,24). The van der Waals surface area contributed by atoms with Gasteiger partial charge in [-0.25, -0.2) is 32.3 Å². The van der Waals surface area contributed by atoms with Gasteiger partial charge in [-0.2, -0.15) is 9.97 Å². The van der Waals surface area contributed by atoms with Crippen molar-refractivity contribution in [3.63, 3.8) is 0 Å². The van der Waals surface area contributed by atoms with Crippen LogP contribution in [0.2, 0.25) is 0 Å². The van der Waals surface area contributed by atoms with Crippen molar-refractivity contribution in [2.75, 3.05) is 69.6 Å². The number of benzene rings is 2. The Balaban J connectivity index is 0.000000216. The van der Waals surface area contributed by atoms with Crippen LogP contribution in [0.3, 0.4) is 0 Å². The zero-order chi connectivity index (χ0) is 40.5. The van der Waals surface area contributed by atoms with Crippen molar-refractivity contribution in [3.8, 4) is 11.5 Å². The lowest BCUT2D eigenvalue weighted by molar-refractivity contribution is 0.102. The minimum absolute atomic E-state index is 0.00684. The summed E-state index contributed by atoms with van der Waals surface area (Å²) >= 11 is 0. The molecule has 4 heterocycles. The molecule has 298 valence electrons. The number of nitrogen functional groups attached to an aromatic ring is 2. The second-order valence-electron chi connectivity index (χ2n) is 12.6. The zero-order valence-electron chi connectivity index (χ0n) is 30.6. The molecule has 0 saturated carbocycles. The first-order valence-electron chi connectivity index (χ1n) is 17.3. The highest BCUT2D eigenvalue weighted by molar-refractivity contribution is 6.14. The minimum Gasteiger partial charge on any atom is -0.496 e. The molecule has 2 fully saturated rings. The van der Waals surface area contributed by atoms with Gasteiger partial charge < -0.3 is 46.5 Å². The quantitative estimate of drug-likeness (QED) is 0.113. The largest absolute Gasteiger partial charge is 0.496 e. The van der Waals surface area contributed by atoms with Gasteiger partial charge in [0.05, 0.1) is 32.5 Å². The summed E-state index contributed by atoms with van der Waals surface area (Å²) in [7, 11) is 3.83. The van der Waals surface area contributed by atoms with Crippen LogP contribution in [0.4, 0.5) is 45.9 Å². The van der Waals surface area contributed by atoms with Crippen LogP contribution < -0.4 is 36.9 Å². The van der Waals surface area contributed by atoms with Crippen LogP contribution >= 0.6 is 0 Å². The molecule has 6 rings (SSSR count). The normalized spacial score (nSPS) is 14.6. The first-order valence-corrected chi connectivity index (χ1v) is 17.3. The van der Waals surface area contributed by atoms with Crippen molar-refractivity contribution >= 4 is 41.2 Å². The maximum Gasteiger partial charge on any atom is 0.409 e. The third-order valence-electron chi connectivity index (χ3n) is 9.07. The molecule has 0 atom stereocenters. The van der Waals surface area contributed by atoms with Crippen LogP contribution in [-0.4, -0.2) is 102 Å². The van der Waals surface area contributed by atoms with Gasteiger partial charge >= 0.3 is 6.09 Å². The van der Waals surface area contributed by atoms with E-state index >= 15 is 0 Å². The van der Waals surface area contributed by atoms with Crippen LogP contribution in [0.15, 0.2) is 36.7 Å². The van der Waals surface area contributed by atoms with Crippen molar-refractivity contribution in [2.24, 2.45) is 0 Å². The van der Waals surface area contributed by atoms with E-state index < -0.39 is 46.0 Å². The Labute approximate surface area is 318 Å². The van der Waals surface area contributed by atoms with Crippen LogP contribution in [0.5, 0.6) is 11.5 Å². The van der Waals surface area contributed by atoms with Crippen LogP contribution in [0, 0.1) is 23.3 Å². The number of carbonyl (C=O) groups is 3. The summed E-state index contributed by atoms with van der Waals surface area (Å²) in [5.74, 6) is -6.75. The number of methoxy groups -OCH3 is 3. The molecule has 0 unspecified atom stereocenters. The number of nitrogens with one attached hydrogen (secondary N) is 3. The van der Waals surface area contributed by atoms with E-state index in [9.17, 15) is 31.9 Å². The highest BCUT2D eigenvalue weighted by Crippen LogP contribution is 2.29. The van der Waals surface area contributed by atoms with Crippen molar-refractivity contribution in [3.05, 3.63) is 82.2 Å². The smallest absolute Gasteiger partial charge is 0.409 e. The summed E-state index contributed by atoms with van der Waals surface area (Å²) in [6, 6.07) is 4.28. The second-order valence-corrected chi connectivity index (χ2v) is 12.6. The van der Waals surface area contributed by atoms with E-state index in [1.54, 1.807) is 4.90 Å². The summed E-state index contributed by atoms with van der Waals surface area (Å²) < 4.78 is 70.1. The summed E-state index contributed by atoms with van der Waals surface area (Å²) in [5.41, 5.74) is 10.3. The van der Waals surface area contributed by atoms with Crippen molar-refractivity contribution < 1.29 is 46.2 Å². The van der Waals surface area contributed by atoms with E-state index in [0.29, 0.717) is 25.9 Å². The predicted molar refractivity (Wildman–Crippen MR) is 196 cm³/mol. The number of nitrogens with two attached hydrogens (primary N) is 2. The van der Waals surface area contributed by atoms with Gasteiger partial charge in [-0.1, -0.05) is 0 Å². The van der Waals surface area contributed by atoms with Crippen LogP contribution in [-0.2, 0) is 4.74 Å². The third-order valence-corrected chi connectivity index (χ3v) is 9.07. The van der Waals surface area contributed by atoms with E-state index in [0.717, 1.165) is 50.3 Å². The number of rotatable bonds is 10. The van der Waals surface area contributed by atoms with E-state index in [4.69, 9.17) is 25.7 Å². The Kier molecular flexibility index (Phi) is 13.4. The maximum absolute atomic E-state index is 14.2. The van der Waals surface area contributed by atoms with E-state index in [-0.39, 0.29) is 64.3 Å². The Hall–Kier alpha value is -6.31. The molecule has 0 bridgehead atoms. The monoisotopic (exact) mass is 784 g/mol. The molecule has 16 nitrogen and oxygen atoms in total. The lowest BCUT2D eigenvalue weighted by Gasteiger charge is -2.31. The lowest BCUT2D eigenvalue weighted by atomic mass is 10.0. The Morgan fingerprint density at radius 3 is 1.54 bits per heavy atom. The molecular formula is C36H40F4N10O6. The average molecular weight is 785 g/mol. The van der Waals surface area contributed by atoms with E-state index in [2.05, 4.69) is 35.9 Å². The molecule has 7 N–H and O–H groups in total. The molecule has 1 amide bonds. The van der Waals surface area contributed by atoms with Gasteiger partial charge in [-0.05, 0) is 63.0 Å². The average Bonchev–Trinajstić information content (AvgIpc) is 3.20. The van der Waals surface area contributed by atoms with Crippen LogP contribution in [0.1, 0.15) is 57.5 Å². The first-order chi connectivity index (χ1) is 26.9. The van der Waals surface area contributed by atoms with Gasteiger partial charge in [0.25, 0.3) is 0 Å². The molecule has 56 heavy (non-hydrogen) atoms. The van der Waals surface area contributed by atoms with Gasteiger partial charge in [0.15, 0.2) is 23.3 Å². The van der Waals surface area contributed by atoms with Gasteiger partial charge in [-0.15, -0.1) is 0 Å². The Morgan fingerprint density at radius 2 is 1.14 bits per heavy atom. The third kappa shape index (κ3) is 9.31. The lowest BCUT2D eigenvalue weighted by Crippen LogP contribution is -2.42. The summed E-state index contributed by atoms with van der Waals surface area (Å²) in [5, 5.41) is 9.50. The summed E-state index contributed by atoms with van der Waals surface area (Å²) in [6.07, 6.45) is 5.09. The molecule has 2 saturated heterocycles. The number of nitrogens with zero attached hydrogens (tertiary/aromatic N) is 5. The molecule has 2 aromatic heterocycles. The molecule has 2 aliphatic rings. The number of carbonyl (C=O) groups excluding carboxylic acids is 3. The van der Waals surface area contributed by atoms with Gasteiger partial charge in [0.2, 0.25) is 23.5 Å². The number of ketones is 2. The number of halogens is 4. The molecule has 4 aromatic rings. The number of ether oxygens (including phenoxy) is 3. The molecule has 2 aliphatic heterocycles. The number of piperidine rings is 2. The topological polar surface area (TPSA) is 222 Å². The first kappa shape index (κ1) is 40.9.